The Kier molecular flexibility index (Phi) is 2.12. The second-order valence-electron chi connectivity index (χ2n) is 2.83. The summed E-state index contributed by atoms with van der Waals surface area (Å²) in [5.41, 5.74) is 0. The lowest BCUT2D eigenvalue weighted by Crippen LogP contribution is -2.51. The first-order valence-electron chi connectivity index (χ1n) is 3.57. The third kappa shape index (κ3) is 1.93. The zero-order valence-corrected chi connectivity index (χ0v) is 6.66. The Morgan fingerprint density at radius 2 is 2.09 bits per heavy atom. The fourth-order valence-electron chi connectivity index (χ4n) is 0.785. The van der Waals surface area contributed by atoms with Crippen LogP contribution >= 0.6 is 0 Å². The molecule has 1 rings (SSSR count). The van der Waals surface area contributed by atoms with Crippen LogP contribution < -0.4 is 0 Å². The minimum absolute atomic E-state index is 0.0886. The highest BCUT2D eigenvalue weighted by Gasteiger charge is 2.29. The molecule has 0 saturated carbocycles. The van der Waals surface area contributed by atoms with Crippen LogP contribution in [0.3, 0.4) is 0 Å². The third-order valence-corrected chi connectivity index (χ3v) is 1.33. The average Bonchev–Trinajstić information content (AvgIpc) is 1.79. The van der Waals surface area contributed by atoms with Gasteiger partial charge in [-0.05, 0) is 13.8 Å². The van der Waals surface area contributed by atoms with E-state index in [2.05, 4.69) is 0 Å². The SMILES string of the molecule is CC(C)OC(=O)N1CC(=O)C1. The zero-order chi connectivity index (χ0) is 8.43. The maximum Gasteiger partial charge on any atom is 0.410 e. The molecule has 0 aromatic carbocycles. The number of ketones is 1. The van der Waals surface area contributed by atoms with Crippen LogP contribution in [0.5, 0.6) is 0 Å². The molecule has 0 radical (unpaired) electrons. The van der Waals surface area contributed by atoms with Gasteiger partial charge < -0.3 is 4.74 Å². The van der Waals surface area contributed by atoms with Gasteiger partial charge in [0.15, 0.2) is 5.78 Å². The van der Waals surface area contributed by atoms with Gasteiger partial charge in [0, 0.05) is 0 Å². The van der Waals surface area contributed by atoms with Crippen molar-refractivity contribution in [1.82, 2.24) is 4.90 Å². The number of hydrogen-bond donors (Lipinski definition) is 0. The summed E-state index contributed by atoms with van der Waals surface area (Å²) in [7, 11) is 0. The van der Waals surface area contributed by atoms with Crippen molar-refractivity contribution < 1.29 is 14.3 Å². The van der Waals surface area contributed by atoms with E-state index >= 15 is 0 Å². The van der Waals surface area contributed by atoms with Crippen molar-refractivity contribution in [3.05, 3.63) is 0 Å². The van der Waals surface area contributed by atoms with E-state index in [4.69, 9.17) is 4.74 Å². The molecule has 1 saturated heterocycles. The monoisotopic (exact) mass is 157 g/mol. The highest BCUT2D eigenvalue weighted by molar-refractivity contribution is 5.94. The topological polar surface area (TPSA) is 46.6 Å². The Bertz CT molecular complexity index is 180. The standard InChI is InChI=1S/C7H11NO3/c1-5(2)11-7(10)8-3-6(9)4-8/h5H,3-4H2,1-2H3. The minimum Gasteiger partial charge on any atom is -0.447 e. The molecule has 62 valence electrons. The number of Topliss-reactive ketones (excluding diaryl/α,β-unsaturated/α-hetero) is 1. The number of hydrogen-bond acceptors (Lipinski definition) is 3. The molecule has 1 aliphatic rings. The first-order valence-corrected chi connectivity index (χ1v) is 3.57. The molecule has 0 atom stereocenters. The molecule has 4 heteroatoms. The average molecular weight is 157 g/mol. The first-order chi connectivity index (χ1) is 5.09. The summed E-state index contributed by atoms with van der Waals surface area (Å²) in [6.07, 6.45) is -0.502. The van der Waals surface area contributed by atoms with Crippen LogP contribution in [-0.4, -0.2) is 36.0 Å². The van der Waals surface area contributed by atoms with Crippen molar-refractivity contribution >= 4 is 11.9 Å². The Labute approximate surface area is 65.1 Å². The Morgan fingerprint density at radius 3 is 2.45 bits per heavy atom. The van der Waals surface area contributed by atoms with Crippen molar-refractivity contribution in [1.29, 1.82) is 0 Å². The van der Waals surface area contributed by atoms with Gasteiger partial charge in [0.2, 0.25) is 0 Å². The number of ether oxygens (including phenoxy) is 1. The molecule has 0 aromatic rings. The fraction of sp³-hybridized carbons (Fsp3) is 0.714. The number of carbonyl (C=O) groups is 2. The Hall–Kier alpha value is -1.06. The van der Waals surface area contributed by atoms with Gasteiger partial charge in [0.05, 0.1) is 19.2 Å². The van der Waals surface area contributed by atoms with E-state index in [0.29, 0.717) is 0 Å². The van der Waals surface area contributed by atoms with E-state index in [-0.39, 0.29) is 31.1 Å². The summed E-state index contributed by atoms with van der Waals surface area (Å²) in [5, 5.41) is 0. The first kappa shape index (κ1) is 8.04. The molecule has 0 spiro atoms. The van der Waals surface area contributed by atoms with Crippen LogP contribution in [0.25, 0.3) is 0 Å². The van der Waals surface area contributed by atoms with Crippen LogP contribution in [0, 0.1) is 0 Å². The predicted octanol–water partition coefficient (Wildman–Crippen LogP) is 0.416. The highest BCUT2D eigenvalue weighted by Crippen LogP contribution is 2.05. The van der Waals surface area contributed by atoms with Gasteiger partial charge in [-0.2, -0.15) is 0 Å². The number of carbonyl (C=O) groups excluding carboxylic acids is 2. The van der Waals surface area contributed by atoms with E-state index < -0.39 is 0 Å². The van der Waals surface area contributed by atoms with Gasteiger partial charge in [0.1, 0.15) is 0 Å². The molecule has 1 aliphatic heterocycles. The molecular formula is C7H11NO3. The van der Waals surface area contributed by atoms with Crippen LogP contribution in [0.2, 0.25) is 0 Å². The molecule has 1 heterocycles. The second kappa shape index (κ2) is 2.90. The van der Waals surface area contributed by atoms with Crippen molar-refractivity contribution in [3.8, 4) is 0 Å². The largest absolute Gasteiger partial charge is 0.447 e. The molecule has 0 aromatic heterocycles. The summed E-state index contributed by atoms with van der Waals surface area (Å²) in [5.74, 6) is 0.0886. The molecule has 4 nitrogen and oxygen atoms in total. The maximum absolute atomic E-state index is 10.9. The van der Waals surface area contributed by atoms with E-state index in [1.807, 2.05) is 0 Å². The molecule has 0 unspecified atom stereocenters. The van der Waals surface area contributed by atoms with Crippen molar-refractivity contribution in [3.63, 3.8) is 0 Å². The molecular weight excluding hydrogens is 146 g/mol. The number of likely N-dealkylation sites (tertiary alicyclic amines) is 1. The third-order valence-electron chi connectivity index (χ3n) is 1.33. The molecule has 1 amide bonds. The van der Waals surface area contributed by atoms with Gasteiger partial charge in [-0.15, -0.1) is 0 Å². The normalized spacial score (nSPS) is 16.6. The van der Waals surface area contributed by atoms with Crippen molar-refractivity contribution in [2.75, 3.05) is 13.1 Å². The van der Waals surface area contributed by atoms with Gasteiger partial charge in [-0.25, -0.2) is 4.79 Å². The highest BCUT2D eigenvalue weighted by atomic mass is 16.6. The molecule has 11 heavy (non-hydrogen) atoms. The van der Waals surface area contributed by atoms with Crippen LogP contribution in [-0.2, 0) is 9.53 Å². The summed E-state index contributed by atoms with van der Waals surface area (Å²) in [6, 6.07) is 0. The van der Waals surface area contributed by atoms with E-state index in [9.17, 15) is 9.59 Å². The number of rotatable bonds is 1. The Balaban J connectivity index is 2.26. The lowest BCUT2D eigenvalue weighted by molar-refractivity contribution is -0.128. The van der Waals surface area contributed by atoms with E-state index in [0.717, 1.165) is 0 Å². The Morgan fingerprint density at radius 1 is 1.55 bits per heavy atom. The molecule has 1 fully saturated rings. The molecule has 0 bridgehead atoms. The van der Waals surface area contributed by atoms with Gasteiger partial charge in [-0.3, -0.25) is 9.69 Å². The van der Waals surface area contributed by atoms with Crippen LogP contribution in [0.1, 0.15) is 13.8 Å². The molecule has 0 N–H and O–H groups in total. The zero-order valence-electron chi connectivity index (χ0n) is 6.66. The predicted molar refractivity (Wildman–Crippen MR) is 38.2 cm³/mol. The van der Waals surface area contributed by atoms with Crippen LogP contribution in [0.4, 0.5) is 4.79 Å². The number of nitrogens with zero attached hydrogens (tertiary/aromatic N) is 1. The van der Waals surface area contributed by atoms with Crippen LogP contribution in [0.15, 0.2) is 0 Å². The lowest BCUT2D eigenvalue weighted by atomic mass is 10.2. The maximum atomic E-state index is 10.9. The quantitative estimate of drug-likeness (QED) is 0.554. The van der Waals surface area contributed by atoms with Gasteiger partial charge in [0.25, 0.3) is 0 Å². The lowest BCUT2D eigenvalue weighted by Gasteiger charge is -2.28. The minimum atomic E-state index is -0.389. The fourth-order valence-corrected chi connectivity index (χ4v) is 0.785. The van der Waals surface area contributed by atoms with E-state index in [1.165, 1.54) is 4.90 Å². The van der Waals surface area contributed by atoms with Crippen molar-refractivity contribution in [2.45, 2.75) is 20.0 Å². The van der Waals surface area contributed by atoms with E-state index in [1.54, 1.807) is 13.8 Å². The summed E-state index contributed by atoms with van der Waals surface area (Å²) < 4.78 is 4.84. The van der Waals surface area contributed by atoms with Crippen molar-refractivity contribution in [2.24, 2.45) is 0 Å². The second-order valence-corrected chi connectivity index (χ2v) is 2.83. The molecule has 0 aliphatic carbocycles. The summed E-state index contributed by atoms with van der Waals surface area (Å²) >= 11 is 0. The van der Waals surface area contributed by atoms with Gasteiger partial charge in [-0.1, -0.05) is 0 Å². The summed E-state index contributed by atoms with van der Waals surface area (Å²) in [4.78, 5) is 22.8. The summed E-state index contributed by atoms with van der Waals surface area (Å²) in [6.45, 7) is 3.98. The number of amides is 1. The smallest absolute Gasteiger partial charge is 0.410 e. The van der Waals surface area contributed by atoms with Gasteiger partial charge >= 0.3 is 6.09 Å².